The Bertz CT molecular complexity index is 1120. The standard InChI is InChI=1S/C23H19Cl2N3O2S/c1-2-28(18-9-4-3-5-10-18)22(30)15-7-6-8-17(13-15)26-23(31)27-21(29)19-12-11-16(24)14-20(19)25/h3-14H,2H2,1H3,(H2,26,27,29,31). The van der Waals surface area contributed by atoms with Crippen molar-refractivity contribution in [1.82, 2.24) is 5.32 Å². The van der Waals surface area contributed by atoms with Crippen LogP contribution in [-0.2, 0) is 0 Å². The Kier molecular flexibility index (Phi) is 7.63. The van der Waals surface area contributed by atoms with E-state index in [0.717, 1.165) is 5.69 Å². The molecule has 0 radical (unpaired) electrons. The van der Waals surface area contributed by atoms with E-state index in [2.05, 4.69) is 10.6 Å². The van der Waals surface area contributed by atoms with Gasteiger partial charge in [-0.1, -0.05) is 47.5 Å². The van der Waals surface area contributed by atoms with Crippen LogP contribution in [0.3, 0.4) is 0 Å². The van der Waals surface area contributed by atoms with Gasteiger partial charge in [-0.25, -0.2) is 0 Å². The van der Waals surface area contributed by atoms with Crippen molar-refractivity contribution in [1.29, 1.82) is 0 Å². The Morgan fingerprint density at radius 2 is 1.71 bits per heavy atom. The van der Waals surface area contributed by atoms with Crippen LogP contribution in [0.5, 0.6) is 0 Å². The molecule has 0 saturated heterocycles. The Hall–Kier alpha value is -2.93. The van der Waals surface area contributed by atoms with E-state index in [4.69, 9.17) is 35.4 Å². The molecule has 0 fully saturated rings. The van der Waals surface area contributed by atoms with E-state index in [1.54, 1.807) is 35.2 Å². The monoisotopic (exact) mass is 471 g/mol. The summed E-state index contributed by atoms with van der Waals surface area (Å²) in [5, 5.41) is 6.23. The Morgan fingerprint density at radius 1 is 0.968 bits per heavy atom. The van der Waals surface area contributed by atoms with Crippen molar-refractivity contribution in [3.63, 3.8) is 0 Å². The second kappa shape index (κ2) is 10.4. The van der Waals surface area contributed by atoms with E-state index in [1.807, 2.05) is 37.3 Å². The number of halogens is 2. The van der Waals surface area contributed by atoms with Crippen molar-refractivity contribution < 1.29 is 9.59 Å². The molecule has 0 spiro atoms. The van der Waals surface area contributed by atoms with Crippen LogP contribution in [0.2, 0.25) is 10.0 Å². The van der Waals surface area contributed by atoms with Crippen LogP contribution < -0.4 is 15.5 Å². The van der Waals surface area contributed by atoms with Crippen LogP contribution in [0.4, 0.5) is 11.4 Å². The Labute approximate surface area is 196 Å². The van der Waals surface area contributed by atoms with Crippen molar-refractivity contribution in [2.45, 2.75) is 6.92 Å². The maximum Gasteiger partial charge on any atom is 0.258 e. The molecular weight excluding hydrogens is 453 g/mol. The van der Waals surface area contributed by atoms with Crippen LogP contribution in [0.15, 0.2) is 72.8 Å². The number of para-hydroxylation sites is 1. The highest BCUT2D eigenvalue weighted by Gasteiger charge is 2.17. The van der Waals surface area contributed by atoms with E-state index in [9.17, 15) is 9.59 Å². The third-order valence-corrected chi connectivity index (χ3v) is 5.15. The second-order valence-corrected chi connectivity index (χ2v) is 7.75. The number of hydrogen-bond acceptors (Lipinski definition) is 3. The molecule has 2 N–H and O–H groups in total. The lowest BCUT2D eigenvalue weighted by Gasteiger charge is -2.21. The smallest absolute Gasteiger partial charge is 0.258 e. The molecule has 2 amide bonds. The van der Waals surface area contributed by atoms with Gasteiger partial charge in [0.15, 0.2) is 5.11 Å². The number of carbonyl (C=O) groups is 2. The lowest BCUT2D eigenvalue weighted by molar-refractivity contribution is 0.0973. The molecule has 5 nitrogen and oxygen atoms in total. The summed E-state index contributed by atoms with van der Waals surface area (Å²) in [7, 11) is 0. The van der Waals surface area contributed by atoms with Crippen molar-refractivity contribution in [3.05, 3.63) is 94.0 Å². The molecule has 0 aliphatic rings. The summed E-state index contributed by atoms with van der Waals surface area (Å²) in [4.78, 5) is 27.1. The molecule has 0 aliphatic heterocycles. The molecule has 3 aromatic rings. The second-order valence-electron chi connectivity index (χ2n) is 6.50. The predicted octanol–water partition coefficient (Wildman–Crippen LogP) is 5.79. The number of rotatable bonds is 5. The molecule has 0 aromatic heterocycles. The zero-order chi connectivity index (χ0) is 22.4. The fourth-order valence-electron chi connectivity index (χ4n) is 2.94. The first-order chi connectivity index (χ1) is 14.9. The Balaban J connectivity index is 1.70. The van der Waals surface area contributed by atoms with Crippen LogP contribution in [0.1, 0.15) is 27.6 Å². The maximum absolute atomic E-state index is 13.0. The van der Waals surface area contributed by atoms with Gasteiger partial charge in [-0.15, -0.1) is 0 Å². The van der Waals surface area contributed by atoms with Gasteiger partial charge in [0, 0.05) is 28.5 Å². The summed E-state index contributed by atoms with van der Waals surface area (Å²) in [5.41, 5.74) is 2.13. The van der Waals surface area contributed by atoms with E-state index in [-0.39, 0.29) is 21.6 Å². The zero-order valence-electron chi connectivity index (χ0n) is 16.6. The molecule has 0 bridgehead atoms. The lowest BCUT2D eigenvalue weighted by Crippen LogP contribution is -2.34. The molecule has 0 aliphatic carbocycles. The maximum atomic E-state index is 13.0. The molecular formula is C23H19Cl2N3O2S. The molecule has 0 heterocycles. The van der Waals surface area contributed by atoms with Gasteiger partial charge in [0.05, 0.1) is 10.6 Å². The van der Waals surface area contributed by atoms with E-state index >= 15 is 0 Å². The molecule has 3 rings (SSSR count). The van der Waals surface area contributed by atoms with E-state index < -0.39 is 5.91 Å². The summed E-state index contributed by atoms with van der Waals surface area (Å²) < 4.78 is 0. The topological polar surface area (TPSA) is 61.4 Å². The minimum absolute atomic E-state index is 0.0797. The number of nitrogens with zero attached hydrogens (tertiary/aromatic N) is 1. The first-order valence-electron chi connectivity index (χ1n) is 9.43. The largest absolute Gasteiger partial charge is 0.332 e. The first kappa shape index (κ1) is 22.7. The molecule has 8 heteroatoms. The number of thiocarbonyl (C=S) groups is 1. The van der Waals surface area contributed by atoms with E-state index in [1.165, 1.54) is 12.1 Å². The average molecular weight is 472 g/mol. The van der Waals surface area contributed by atoms with Crippen molar-refractivity contribution >= 4 is 63.7 Å². The van der Waals surface area contributed by atoms with E-state index in [0.29, 0.717) is 22.8 Å². The third kappa shape index (κ3) is 5.82. The summed E-state index contributed by atoms with van der Waals surface area (Å²) in [6, 6.07) is 20.9. The van der Waals surface area contributed by atoms with Gasteiger partial charge >= 0.3 is 0 Å². The lowest BCUT2D eigenvalue weighted by atomic mass is 10.1. The van der Waals surface area contributed by atoms with Gasteiger partial charge in [-0.05, 0) is 67.7 Å². The minimum atomic E-state index is -0.465. The summed E-state index contributed by atoms with van der Waals surface area (Å²) >= 11 is 17.2. The molecule has 0 atom stereocenters. The molecule has 31 heavy (non-hydrogen) atoms. The highest BCUT2D eigenvalue weighted by Crippen LogP contribution is 2.21. The minimum Gasteiger partial charge on any atom is -0.332 e. The number of benzene rings is 3. The first-order valence-corrected chi connectivity index (χ1v) is 10.6. The fourth-order valence-corrected chi connectivity index (χ4v) is 3.65. The van der Waals surface area contributed by atoms with Crippen molar-refractivity contribution in [2.75, 3.05) is 16.8 Å². The number of anilines is 2. The number of carbonyl (C=O) groups excluding carboxylic acids is 2. The highest BCUT2D eigenvalue weighted by molar-refractivity contribution is 7.80. The van der Waals surface area contributed by atoms with Crippen molar-refractivity contribution in [2.24, 2.45) is 0 Å². The summed E-state index contributed by atoms with van der Waals surface area (Å²) in [6.45, 7) is 2.44. The van der Waals surface area contributed by atoms with Gasteiger partial charge in [0.1, 0.15) is 0 Å². The number of amides is 2. The molecule has 0 saturated carbocycles. The quantitative estimate of drug-likeness (QED) is 0.462. The summed E-state index contributed by atoms with van der Waals surface area (Å²) in [5.74, 6) is -0.604. The summed E-state index contributed by atoms with van der Waals surface area (Å²) in [6.07, 6.45) is 0. The number of nitrogens with one attached hydrogen (secondary N) is 2. The zero-order valence-corrected chi connectivity index (χ0v) is 18.9. The fraction of sp³-hybridized carbons (Fsp3) is 0.0870. The van der Waals surface area contributed by atoms with Crippen LogP contribution in [0.25, 0.3) is 0 Å². The SMILES string of the molecule is CCN(C(=O)c1cccc(NC(=S)NC(=O)c2ccc(Cl)cc2Cl)c1)c1ccccc1. The Morgan fingerprint density at radius 3 is 2.39 bits per heavy atom. The number of hydrogen-bond donors (Lipinski definition) is 2. The highest BCUT2D eigenvalue weighted by atomic mass is 35.5. The van der Waals surface area contributed by atoms with Gasteiger partial charge in [-0.2, -0.15) is 0 Å². The predicted molar refractivity (Wildman–Crippen MR) is 130 cm³/mol. The van der Waals surface area contributed by atoms with Gasteiger partial charge < -0.3 is 10.2 Å². The third-order valence-electron chi connectivity index (χ3n) is 4.40. The van der Waals surface area contributed by atoms with Crippen molar-refractivity contribution in [3.8, 4) is 0 Å². The van der Waals surface area contributed by atoms with Crippen LogP contribution >= 0.6 is 35.4 Å². The van der Waals surface area contributed by atoms with Gasteiger partial charge in [0.2, 0.25) is 0 Å². The molecule has 158 valence electrons. The normalized spacial score (nSPS) is 10.3. The molecule has 3 aromatic carbocycles. The van der Waals surface area contributed by atoms with Gasteiger partial charge in [-0.3, -0.25) is 14.9 Å². The van der Waals surface area contributed by atoms with Crippen LogP contribution in [-0.4, -0.2) is 23.5 Å². The molecule has 0 unspecified atom stereocenters. The van der Waals surface area contributed by atoms with Crippen LogP contribution in [0, 0.1) is 0 Å². The van der Waals surface area contributed by atoms with Gasteiger partial charge in [0.25, 0.3) is 11.8 Å². The average Bonchev–Trinajstić information content (AvgIpc) is 2.75.